The van der Waals surface area contributed by atoms with Crippen LogP contribution in [0.1, 0.15) is 18.5 Å². The second kappa shape index (κ2) is 5.88. The Bertz CT molecular complexity index is 630. The lowest BCUT2D eigenvalue weighted by atomic mass is 9.99. The largest absolute Gasteiger partial charge is 0.508 e. The summed E-state index contributed by atoms with van der Waals surface area (Å²) in [6, 6.07) is 8.83. The Morgan fingerprint density at radius 1 is 1.30 bits per heavy atom. The highest BCUT2D eigenvalue weighted by Gasteiger charge is 2.27. The molecule has 4 nitrogen and oxygen atoms in total. The first-order valence-corrected chi connectivity index (χ1v) is 6.32. The SMILES string of the molecule is CCOC(=O)C(F)[C@H](N)c1ccc2cc(O)ccc2c1. The molecule has 0 saturated carbocycles. The summed E-state index contributed by atoms with van der Waals surface area (Å²) in [4.78, 5) is 11.4. The molecule has 0 heterocycles. The molecule has 0 radical (unpaired) electrons. The van der Waals surface area contributed by atoms with Crippen LogP contribution in [0.5, 0.6) is 5.75 Å². The number of nitrogens with two attached hydrogens (primary N) is 1. The third kappa shape index (κ3) is 2.88. The smallest absolute Gasteiger partial charge is 0.342 e. The number of benzene rings is 2. The molecule has 1 unspecified atom stereocenters. The standard InChI is InChI=1S/C15H16FNO3/c1-2-20-15(19)13(16)14(17)11-4-3-10-8-12(18)6-5-9(10)7-11/h3-8,13-14,18H,2,17H2,1H3/t13?,14-/m1/s1. The maximum Gasteiger partial charge on any atom is 0.342 e. The van der Waals surface area contributed by atoms with Gasteiger partial charge in [0.05, 0.1) is 12.6 Å². The lowest BCUT2D eigenvalue weighted by molar-refractivity contribution is -0.149. The molecule has 0 aliphatic heterocycles. The predicted octanol–water partition coefficient (Wildman–Crippen LogP) is 2.45. The average molecular weight is 277 g/mol. The molecule has 2 aromatic rings. The molecule has 0 amide bonds. The van der Waals surface area contributed by atoms with Gasteiger partial charge in [-0.1, -0.05) is 18.2 Å². The minimum absolute atomic E-state index is 0.114. The first-order valence-electron chi connectivity index (χ1n) is 6.32. The van der Waals surface area contributed by atoms with Gasteiger partial charge in [-0.05, 0) is 41.5 Å². The van der Waals surface area contributed by atoms with Gasteiger partial charge < -0.3 is 15.6 Å². The molecular weight excluding hydrogens is 261 g/mol. The molecular formula is C15H16FNO3. The Morgan fingerprint density at radius 2 is 1.95 bits per heavy atom. The fourth-order valence-electron chi connectivity index (χ4n) is 2.00. The number of hydrogen-bond donors (Lipinski definition) is 2. The topological polar surface area (TPSA) is 72.5 Å². The molecule has 20 heavy (non-hydrogen) atoms. The quantitative estimate of drug-likeness (QED) is 0.842. The number of aromatic hydroxyl groups is 1. The van der Waals surface area contributed by atoms with Crippen molar-refractivity contribution < 1.29 is 19.0 Å². The molecule has 3 N–H and O–H groups in total. The summed E-state index contributed by atoms with van der Waals surface area (Å²) in [5.41, 5.74) is 6.27. The van der Waals surface area contributed by atoms with Crippen LogP contribution >= 0.6 is 0 Å². The molecule has 2 aromatic carbocycles. The number of carbonyl (C=O) groups excluding carboxylic acids is 1. The van der Waals surface area contributed by atoms with E-state index in [1.807, 2.05) is 0 Å². The van der Waals surface area contributed by atoms with Crippen LogP contribution in [0.25, 0.3) is 10.8 Å². The van der Waals surface area contributed by atoms with Crippen LogP contribution in [0.15, 0.2) is 36.4 Å². The van der Waals surface area contributed by atoms with E-state index < -0.39 is 18.2 Å². The molecule has 0 aliphatic rings. The summed E-state index contributed by atoms with van der Waals surface area (Å²) in [6.45, 7) is 1.72. The van der Waals surface area contributed by atoms with Crippen molar-refractivity contribution in [2.24, 2.45) is 5.73 Å². The van der Waals surface area contributed by atoms with Crippen molar-refractivity contribution in [3.63, 3.8) is 0 Å². The maximum atomic E-state index is 13.9. The van der Waals surface area contributed by atoms with Gasteiger partial charge in [-0.3, -0.25) is 0 Å². The van der Waals surface area contributed by atoms with Gasteiger partial charge >= 0.3 is 5.97 Å². The van der Waals surface area contributed by atoms with E-state index in [1.54, 1.807) is 37.3 Å². The van der Waals surface area contributed by atoms with Crippen LogP contribution in [-0.2, 0) is 9.53 Å². The van der Waals surface area contributed by atoms with E-state index in [0.717, 1.165) is 10.8 Å². The molecule has 0 spiro atoms. The summed E-state index contributed by atoms with van der Waals surface area (Å²) >= 11 is 0. The first-order chi connectivity index (χ1) is 9.52. The van der Waals surface area contributed by atoms with Crippen molar-refractivity contribution in [1.82, 2.24) is 0 Å². The number of rotatable bonds is 4. The van der Waals surface area contributed by atoms with E-state index in [0.29, 0.717) is 5.56 Å². The van der Waals surface area contributed by atoms with Gasteiger partial charge in [-0.2, -0.15) is 0 Å². The zero-order valence-electron chi connectivity index (χ0n) is 11.0. The Hall–Kier alpha value is -2.14. The van der Waals surface area contributed by atoms with Crippen molar-refractivity contribution in [1.29, 1.82) is 0 Å². The molecule has 5 heteroatoms. The zero-order chi connectivity index (χ0) is 14.7. The second-order valence-electron chi connectivity index (χ2n) is 4.47. The van der Waals surface area contributed by atoms with E-state index in [1.165, 1.54) is 6.07 Å². The van der Waals surface area contributed by atoms with Gasteiger partial charge in [0.1, 0.15) is 5.75 Å². The number of hydrogen-bond acceptors (Lipinski definition) is 4. The summed E-state index contributed by atoms with van der Waals surface area (Å²) in [5, 5.41) is 11.0. The monoisotopic (exact) mass is 277 g/mol. The summed E-state index contributed by atoms with van der Waals surface area (Å²) in [6.07, 6.45) is -1.90. The van der Waals surface area contributed by atoms with Crippen molar-refractivity contribution in [3.8, 4) is 5.75 Å². The average Bonchev–Trinajstić information content (AvgIpc) is 2.45. The van der Waals surface area contributed by atoms with Gasteiger partial charge in [0, 0.05) is 0 Å². The van der Waals surface area contributed by atoms with Gasteiger partial charge in [0.15, 0.2) is 0 Å². The number of phenolic OH excluding ortho intramolecular Hbond substituents is 1. The van der Waals surface area contributed by atoms with E-state index in [2.05, 4.69) is 4.74 Å². The third-order valence-electron chi connectivity index (χ3n) is 3.06. The number of alkyl halides is 1. The van der Waals surface area contributed by atoms with E-state index in [-0.39, 0.29) is 12.4 Å². The fourth-order valence-corrected chi connectivity index (χ4v) is 2.00. The molecule has 0 bridgehead atoms. The lowest BCUT2D eigenvalue weighted by Gasteiger charge is -2.16. The Morgan fingerprint density at radius 3 is 2.65 bits per heavy atom. The molecule has 0 aromatic heterocycles. The first kappa shape index (κ1) is 14.3. The normalized spacial score (nSPS) is 13.9. The zero-order valence-corrected chi connectivity index (χ0v) is 11.0. The highest BCUT2D eigenvalue weighted by Crippen LogP contribution is 2.25. The summed E-state index contributed by atoms with van der Waals surface area (Å²) in [5.74, 6) is -0.796. The number of phenols is 1. The van der Waals surface area contributed by atoms with Crippen molar-refractivity contribution in [3.05, 3.63) is 42.0 Å². The Labute approximate surface area is 116 Å². The van der Waals surface area contributed by atoms with Crippen molar-refractivity contribution in [2.45, 2.75) is 19.1 Å². The van der Waals surface area contributed by atoms with Crippen LogP contribution in [0.4, 0.5) is 4.39 Å². The Kier molecular flexibility index (Phi) is 4.20. The predicted molar refractivity (Wildman–Crippen MR) is 74.1 cm³/mol. The van der Waals surface area contributed by atoms with Gasteiger partial charge in [-0.25, -0.2) is 9.18 Å². The van der Waals surface area contributed by atoms with E-state index in [9.17, 15) is 14.3 Å². The molecule has 0 saturated heterocycles. The molecule has 2 rings (SSSR count). The minimum atomic E-state index is -1.90. The van der Waals surface area contributed by atoms with Crippen LogP contribution in [0, 0.1) is 0 Å². The van der Waals surface area contributed by atoms with Crippen LogP contribution in [-0.4, -0.2) is 23.9 Å². The third-order valence-corrected chi connectivity index (χ3v) is 3.06. The number of halogens is 1. The number of fused-ring (bicyclic) bond motifs is 1. The maximum absolute atomic E-state index is 13.9. The lowest BCUT2D eigenvalue weighted by Crippen LogP contribution is -2.31. The summed E-state index contributed by atoms with van der Waals surface area (Å²) in [7, 11) is 0. The highest BCUT2D eigenvalue weighted by atomic mass is 19.1. The highest BCUT2D eigenvalue weighted by molar-refractivity contribution is 5.85. The molecule has 0 aliphatic carbocycles. The van der Waals surface area contributed by atoms with E-state index >= 15 is 0 Å². The molecule has 106 valence electrons. The van der Waals surface area contributed by atoms with E-state index in [4.69, 9.17) is 5.73 Å². The Balaban J connectivity index is 2.28. The van der Waals surface area contributed by atoms with Crippen molar-refractivity contribution >= 4 is 16.7 Å². The molecule has 0 fully saturated rings. The summed E-state index contributed by atoms with van der Waals surface area (Å²) < 4.78 is 18.5. The minimum Gasteiger partial charge on any atom is -0.508 e. The van der Waals surface area contributed by atoms with Crippen molar-refractivity contribution in [2.75, 3.05) is 6.61 Å². The van der Waals surface area contributed by atoms with Crippen LogP contribution < -0.4 is 5.73 Å². The number of esters is 1. The number of ether oxygens (including phenoxy) is 1. The van der Waals surface area contributed by atoms with Crippen LogP contribution in [0.2, 0.25) is 0 Å². The fraction of sp³-hybridized carbons (Fsp3) is 0.267. The number of carbonyl (C=O) groups is 1. The van der Waals surface area contributed by atoms with Gasteiger partial charge in [0.2, 0.25) is 6.17 Å². The van der Waals surface area contributed by atoms with Gasteiger partial charge in [-0.15, -0.1) is 0 Å². The molecule has 2 atom stereocenters. The second-order valence-corrected chi connectivity index (χ2v) is 4.47. The van der Waals surface area contributed by atoms with Crippen LogP contribution in [0.3, 0.4) is 0 Å². The van der Waals surface area contributed by atoms with Gasteiger partial charge in [0.25, 0.3) is 0 Å².